The second kappa shape index (κ2) is 14.9. The van der Waals surface area contributed by atoms with E-state index in [4.69, 9.17) is 26.2 Å². The van der Waals surface area contributed by atoms with E-state index in [0.717, 1.165) is 19.4 Å². The third kappa shape index (κ3) is 12.3. The Balaban J connectivity index is 0.000000659. The van der Waals surface area contributed by atoms with Gasteiger partial charge in [-0.25, -0.2) is 9.59 Å². The zero-order chi connectivity index (χ0) is 26.1. The van der Waals surface area contributed by atoms with Crippen molar-refractivity contribution in [1.82, 2.24) is 14.7 Å². The van der Waals surface area contributed by atoms with E-state index in [2.05, 4.69) is 0 Å². The maximum absolute atomic E-state index is 11.9. The number of hydrogen-bond acceptors (Lipinski definition) is 7. The van der Waals surface area contributed by atoms with Gasteiger partial charge in [-0.1, -0.05) is 0 Å². The Morgan fingerprint density at radius 3 is 1.80 bits per heavy atom. The van der Waals surface area contributed by atoms with Crippen molar-refractivity contribution in [3.05, 3.63) is 0 Å². The van der Waals surface area contributed by atoms with E-state index in [1.165, 1.54) is 9.80 Å². The fourth-order valence-corrected chi connectivity index (χ4v) is 3.77. The summed E-state index contributed by atoms with van der Waals surface area (Å²) in [6.45, 7) is 13.3. The number of alkyl halides is 1. The van der Waals surface area contributed by atoms with Crippen molar-refractivity contribution in [2.45, 2.75) is 71.6 Å². The van der Waals surface area contributed by atoms with Crippen molar-refractivity contribution in [3.63, 3.8) is 0 Å². The minimum Gasteiger partial charge on any atom is -0.444 e. The van der Waals surface area contributed by atoms with Crippen LogP contribution in [0.5, 0.6) is 0 Å². The summed E-state index contributed by atoms with van der Waals surface area (Å²) in [6, 6.07) is -0.424. The number of piperidine rings is 1. The van der Waals surface area contributed by atoms with Crippen LogP contribution < -0.4 is 0 Å². The number of carbonyl (C=O) groups excluding carboxylic acids is 3. The van der Waals surface area contributed by atoms with Gasteiger partial charge < -0.3 is 34.4 Å². The van der Waals surface area contributed by atoms with Crippen molar-refractivity contribution in [2.75, 3.05) is 51.8 Å². The molecule has 0 aliphatic carbocycles. The van der Waals surface area contributed by atoms with Crippen LogP contribution in [0.15, 0.2) is 0 Å². The van der Waals surface area contributed by atoms with Crippen LogP contribution in [0.2, 0.25) is 0 Å². The summed E-state index contributed by atoms with van der Waals surface area (Å²) in [5, 5.41) is 18.4. The largest absolute Gasteiger partial charge is 0.444 e. The van der Waals surface area contributed by atoms with Gasteiger partial charge in [0.25, 0.3) is 0 Å². The van der Waals surface area contributed by atoms with Gasteiger partial charge in [-0.05, 0) is 60.3 Å². The van der Waals surface area contributed by atoms with E-state index in [0.29, 0.717) is 19.6 Å². The molecule has 0 bridgehead atoms. The van der Waals surface area contributed by atoms with Crippen molar-refractivity contribution < 1.29 is 34.1 Å². The molecule has 2 aliphatic heterocycles. The summed E-state index contributed by atoms with van der Waals surface area (Å²) in [5.41, 5.74) is -1.00. The molecule has 0 radical (unpaired) electrons. The van der Waals surface area contributed by atoms with Gasteiger partial charge >= 0.3 is 12.2 Å². The van der Waals surface area contributed by atoms with Crippen molar-refractivity contribution in [2.24, 2.45) is 5.92 Å². The van der Waals surface area contributed by atoms with E-state index < -0.39 is 23.3 Å². The number of aliphatic hydroxyl groups is 2. The molecule has 2 saturated heterocycles. The summed E-state index contributed by atoms with van der Waals surface area (Å²) in [6.07, 6.45) is 1.25. The molecule has 0 spiro atoms. The molecule has 0 saturated carbocycles. The molecule has 2 fully saturated rings. The first kappa shape index (κ1) is 33.5. The number of piperazine rings is 1. The van der Waals surface area contributed by atoms with Gasteiger partial charge in [0, 0.05) is 39.3 Å². The molecule has 2 rings (SSSR count). The molecule has 3 amide bonds. The third-order valence-corrected chi connectivity index (χ3v) is 5.44. The van der Waals surface area contributed by atoms with Gasteiger partial charge in [0.2, 0.25) is 5.91 Å². The highest BCUT2D eigenvalue weighted by molar-refractivity contribution is 6.27. The van der Waals surface area contributed by atoms with Gasteiger partial charge in [0.15, 0.2) is 0 Å². The van der Waals surface area contributed by atoms with Gasteiger partial charge in [0.05, 0.1) is 12.6 Å². The quantitative estimate of drug-likeness (QED) is 0.525. The molecule has 2 atom stereocenters. The van der Waals surface area contributed by atoms with Crippen molar-refractivity contribution >= 4 is 42.1 Å². The number of ether oxygens (including phenoxy) is 2. The van der Waals surface area contributed by atoms with Crippen LogP contribution in [0, 0.1) is 5.92 Å². The zero-order valence-electron chi connectivity index (χ0n) is 21.8. The first-order valence-corrected chi connectivity index (χ1v) is 12.3. The lowest BCUT2D eigenvalue weighted by molar-refractivity contribution is -0.134. The van der Waals surface area contributed by atoms with Gasteiger partial charge in [-0.2, -0.15) is 0 Å². The number of halogens is 2. The minimum absolute atomic E-state index is 0. The summed E-state index contributed by atoms with van der Waals surface area (Å²) in [7, 11) is 0. The smallest absolute Gasteiger partial charge is 0.410 e. The summed E-state index contributed by atoms with van der Waals surface area (Å²) >= 11 is 5.52. The Labute approximate surface area is 220 Å². The zero-order valence-corrected chi connectivity index (χ0v) is 23.4. The summed E-state index contributed by atoms with van der Waals surface area (Å²) in [5.74, 6) is -0.140. The van der Waals surface area contributed by atoms with Crippen molar-refractivity contribution in [1.29, 1.82) is 0 Å². The van der Waals surface area contributed by atoms with Crippen LogP contribution in [0.25, 0.3) is 0 Å². The number of aliphatic hydroxyl groups excluding tert-OH is 2. The third-order valence-electron chi connectivity index (χ3n) is 5.21. The van der Waals surface area contributed by atoms with Crippen LogP contribution in [0.4, 0.5) is 9.59 Å². The molecular formula is C23H43Cl2N3O7. The molecule has 0 unspecified atom stereocenters. The predicted octanol–water partition coefficient (Wildman–Crippen LogP) is 2.71. The highest BCUT2D eigenvalue weighted by Crippen LogP contribution is 2.19. The number of carbonyl (C=O) groups is 3. The molecule has 0 aromatic heterocycles. The Bertz CT molecular complexity index is 683. The summed E-state index contributed by atoms with van der Waals surface area (Å²) < 4.78 is 10.5. The molecule has 0 aromatic carbocycles. The van der Waals surface area contributed by atoms with E-state index in [9.17, 15) is 19.5 Å². The second-order valence-corrected chi connectivity index (χ2v) is 10.9. The van der Waals surface area contributed by atoms with Gasteiger partial charge in [-0.3, -0.25) is 4.79 Å². The Morgan fingerprint density at radius 1 is 0.857 bits per heavy atom. The van der Waals surface area contributed by atoms with Crippen molar-refractivity contribution in [3.8, 4) is 0 Å². The number of nitrogens with zero attached hydrogens (tertiary/aromatic N) is 3. The average Bonchev–Trinajstić information content (AvgIpc) is 2.76. The molecule has 2 heterocycles. The average molecular weight is 545 g/mol. The summed E-state index contributed by atoms with van der Waals surface area (Å²) in [4.78, 5) is 39.9. The lowest BCUT2D eigenvalue weighted by Crippen LogP contribution is -2.58. The van der Waals surface area contributed by atoms with Gasteiger partial charge in [0.1, 0.15) is 17.1 Å². The second-order valence-electron chi connectivity index (χ2n) is 10.6. The molecule has 35 heavy (non-hydrogen) atoms. The van der Waals surface area contributed by atoms with E-state index >= 15 is 0 Å². The molecule has 2 N–H and O–H groups in total. The molecule has 0 aromatic rings. The highest BCUT2D eigenvalue weighted by Gasteiger charge is 2.33. The minimum atomic E-state index is -0.561. The lowest BCUT2D eigenvalue weighted by atomic mass is 9.99. The Morgan fingerprint density at radius 2 is 1.37 bits per heavy atom. The fourth-order valence-electron chi connectivity index (χ4n) is 3.62. The number of hydrogen-bond donors (Lipinski definition) is 2. The van der Waals surface area contributed by atoms with E-state index in [1.807, 2.05) is 20.8 Å². The van der Waals surface area contributed by atoms with Crippen LogP contribution in [0.1, 0.15) is 54.4 Å². The first-order valence-electron chi connectivity index (χ1n) is 11.7. The van der Waals surface area contributed by atoms with Crippen LogP contribution in [-0.4, -0.2) is 112 Å². The monoisotopic (exact) mass is 543 g/mol. The SMILES string of the molecule is CC(C)(C)OC(=O)N1CCC[C@@H](CO)C1.CC(C)(C)OC(=O)N1CCN(C(=O)CCl)[C@@H](CO)C1.Cl. The predicted molar refractivity (Wildman–Crippen MR) is 136 cm³/mol. The standard InChI is InChI=1S/C12H21ClN2O4.C11H21NO3.ClH/c1-12(2,3)19-11(18)14-4-5-15(10(17)6-13)9(7-14)8-16;1-11(2,3)15-10(14)12-6-4-5-9(7-12)8-13;/h9,16H,4-8H2,1-3H3;9,13H,4-8H2,1-3H3;1H/t2*9-;/m11./s1. The van der Waals surface area contributed by atoms with Gasteiger partial charge in [-0.15, -0.1) is 24.0 Å². The highest BCUT2D eigenvalue weighted by atomic mass is 35.5. The molecule has 2 aliphatic rings. The number of rotatable bonds is 3. The van der Waals surface area contributed by atoms with E-state index in [1.54, 1.807) is 25.7 Å². The molecule has 206 valence electrons. The number of amides is 3. The first-order chi connectivity index (χ1) is 15.7. The van der Waals surface area contributed by atoms with Crippen LogP contribution >= 0.6 is 24.0 Å². The topological polar surface area (TPSA) is 120 Å². The molecule has 12 heteroatoms. The Hall–Kier alpha value is -1.49. The molecular weight excluding hydrogens is 501 g/mol. The maximum atomic E-state index is 11.9. The van der Waals surface area contributed by atoms with Crippen LogP contribution in [-0.2, 0) is 14.3 Å². The lowest BCUT2D eigenvalue weighted by Gasteiger charge is -2.40. The van der Waals surface area contributed by atoms with Crippen LogP contribution in [0.3, 0.4) is 0 Å². The molecule has 10 nitrogen and oxygen atoms in total. The number of likely N-dealkylation sites (tertiary alicyclic amines) is 1. The maximum Gasteiger partial charge on any atom is 0.410 e. The Kier molecular flexibility index (Phi) is 14.3. The normalized spacial score (nSPS) is 20.8. The van der Waals surface area contributed by atoms with E-state index in [-0.39, 0.29) is 56.0 Å². The fraction of sp³-hybridized carbons (Fsp3) is 0.870.